The standard InChI is InChI=1S/C13H16N2O2/c1-8(2)15-10(4-5-14-15)13-11(16)6-9(3)7-12(13)17/h4-8,16-17H,1-3H3. The summed E-state index contributed by atoms with van der Waals surface area (Å²) in [6.07, 6.45) is 1.66. The summed E-state index contributed by atoms with van der Waals surface area (Å²) < 4.78 is 1.77. The van der Waals surface area contributed by atoms with Crippen LogP contribution in [0.4, 0.5) is 0 Å². The topological polar surface area (TPSA) is 58.3 Å². The van der Waals surface area contributed by atoms with Crippen molar-refractivity contribution in [3.63, 3.8) is 0 Å². The summed E-state index contributed by atoms with van der Waals surface area (Å²) >= 11 is 0. The molecule has 0 atom stereocenters. The van der Waals surface area contributed by atoms with Gasteiger partial charge in [-0.05, 0) is 44.5 Å². The van der Waals surface area contributed by atoms with E-state index in [1.165, 1.54) is 0 Å². The molecule has 2 aromatic rings. The molecular weight excluding hydrogens is 216 g/mol. The molecule has 0 unspecified atom stereocenters. The van der Waals surface area contributed by atoms with Crippen molar-refractivity contribution in [2.45, 2.75) is 26.8 Å². The second-order valence-corrected chi connectivity index (χ2v) is 4.43. The fraction of sp³-hybridized carbons (Fsp3) is 0.308. The van der Waals surface area contributed by atoms with Gasteiger partial charge in [0.1, 0.15) is 11.5 Å². The van der Waals surface area contributed by atoms with Crippen molar-refractivity contribution in [3.8, 4) is 22.8 Å². The molecule has 0 saturated heterocycles. The van der Waals surface area contributed by atoms with E-state index < -0.39 is 0 Å². The van der Waals surface area contributed by atoms with E-state index in [0.717, 1.165) is 11.3 Å². The predicted molar refractivity (Wildman–Crippen MR) is 66.1 cm³/mol. The molecule has 1 aromatic heterocycles. The molecule has 2 N–H and O–H groups in total. The summed E-state index contributed by atoms with van der Waals surface area (Å²) in [4.78, 5) is 0. The Morgan fingerprint density at radius 3 is 2.29 bits per heavy atom. The summed E-state index contributed by atoms with van der Waals surface area (Å²) in [6, 6.07) is 5.21. The number of rotatable bonds is 2. The van der Waals surface area contributed by atoms with Crippen LogP contribution in [0.25, 0.3) is 11.3 Å². The van der Waals surface area contributed by atoms with Crippen LogP contribution < -0.4 is 0 Å². The minimum absolute atomic E-state index is 0.0740. The molecule has 0 saturated carbocycles. The van der Waals surface area contributed by atoms with Crippen molar-refractivity contribution in [2.75, 3.05) is 0 Å². The van der Waals surface area contributed by atoms with Crippen LogP contribution in [0.3, 0.4) is 0 Å². The number of phenols is 2. The summed E-state index contributed by atoms with van der Waals surface area (Å²) in [5.41, 5.74) is 1.97. The van der Waals surface area contributed by atoms with Crippen LogP contribution in [0, 0.1) is 6.92 Å². The third-order valence-electron chi connectivity index (χ3n) is 2.66. The van der Waals surface area contributed by atoms with Gasteiger partial charge in [0.25, 0.3) is 0 Å². The molecular formula is C13H16N2O2. The molecule has 4 nitrogen and oxygen atoms in total. The van der Waals surface area contributed by atoms with Gasteiger partial charge in [0.05, 0.1) is 11.3 Å². The second kappa shape index (κ2) is 4.13. The van der Waals surface area contributed by atoms with Crippen molar-refractivity contribution in [2.24, 2.45) is 0 Å². The molecule has 0 radical (unpaired) electrons. The number of aromatic hydroxyl groups is 2. The van der Waals surface area contributed by atoms with Crippen molar-refractivity contribution in [1.29, 1.82) is 0 Å². The Balaban J connectivity index is 2.64. The van der Waals surface area contributed by atoms with E-state index in [1.54, 1.807) is 29.1 Å². The van der Waals surface area contributed by atoms with Crippen molar-refractivity contribution in [1.82, 2.24) is 9.78 Å². The number of nitrogens with zero attached hydrogens (tertiary/aromatic N) is 2. The first kappa shape index (κ1) is 11.5. The second-order valence-electron chi connectivity index (χ2n) is 4.43. The van der Waals surface area contributed by atoms with Gasteiger partial charge in [-0.2, -0.15) is 5.10 Å². The van der Waals surface area contributed by atoms with Gasteiger partial charge in [-0.15, -0.1) is 0 Å². The van der Waals surface area contributed by atoms with Gasteiger partial charge in [-0.3, -0.25) is 4.68 Å². The molecule has 1 aromatic carbocycles. The minimum Gasteiger partial charge on any atom is -0.507 e. The number of aryl methyl sites for hydroxylation is 1. The number of aromatic nitrogens is 2. The van der Waals surface area contributed by atoms with Crippen LogP contribution in [-0.2, 0) is 0 Å². The van der Waals surface area contributed by atoms with E-state index in [1.807, 2.05) is 20.8 Å². The van der Waals surface area contributed by atoms with E-state index >= 15 is 0 Å². The van der Waals surface area contributed by atoms with Gasteiger partial charge in [-0.1, -0.05) is 0 Å². The first-order valence-corrected chi connectivity index (χ1v) is 5.57. The molecule has 0 bridgehead atoms. The highest BCUT2D eigenvalue weighted by atomic mass is 16.3. The highest BCUT2D eigenvalue weighted by molar-refractivity contribution is 5.74. The molecule has 2 rings (SSSR count). The summed E-state index contributed by atoms with van der Waals surface area (Å²) in [5.74, 6) is 0.148. The lowest BCUT2D eigenvalue weighted by Crippen LogP contribution is -2.04. The third kappa shape index (κ3) is 1.98. The third-order valence-corrected chi connectivity index (χ3v) is 2.66. The molecule has 0 aliphatic heterocycles. The first-order valence-electron chi connectivity index (χ1n) is 5.57. The SMILES string of the molecule is Cc1cc(O)c(-c2ccnn2C(C)C)c(O)c1. The van der Waals surface area contributed by atoms with Crippen molar-refractivity contribution < 1.29 is 10.2 Å². The molecule has 1 heterocycles. The molecule has 0 aliphatic rings. The fourth-order valence-electron chi connectivity index (χ4n) is 1.93. The zero-order valence-electron chi connectivity index (χ0n) is 10.2. The maximum absolute atomic E-state index is 9.95. The molecule has 90 valence electrons. The van der Waals surface area contributed by atoms with E-state index in [9.17, 15) is 10.2 Å². The van der Waals surface area contributed by atoms with Gasteiger partial charge in [0.15, 0.2) is 0 Å². The number of hydrogen-bond donors (Lipinski definition) is 2. The first-order chi connectivity index (χ1) is 8.00. The minimum atomic E-state index is 0.0740. The predicted octanol–water partition coefficient (Wildman–Crippen LogP) is 2.85. The lowest BCUT2D eigenvalue weighted by molar-refractivity contribution is 0.450. The van der Waals surface area contributed by atoms with Crippen LogP contribution in [0.1, 0.15) is 25.5 Å². The van der Waals surface area contributed by atoms with Crippen LogP contribution in [0.5, 0.6) is 11.5 Å². The van der Waals surface area contributed by atoms with Gasteiger partial charge in [0, 0.05) is 12.2 Å². The smallest absolute Gasteiger partial charge is 0.128 e. The normalized spacial score (nSPS) is 11.1. The number of phenolic OH excluding ortho intramolecular Hbond substituents is 2. The zero-order chi connectivity index (χ0) is 12.6. The number of hydrogen-bond acceptors (Lipinski definition) is 3. The van der Waals surface area contributed by atoms with Crippen LogP contribution in [0.2, 0.25) is 0 Å². The van der Waals surface area contributed by atoms with Crippen LogP contribution in [0.15, 0.2) is 24.4 Å². The van der Waals surface area contributed by atoms with Crippen molar-refractivity contribution >= 4 is 0 Å². The maximum atomic E-state index is 9.95. The Morgan fingerprint density at radius 2 is 1.76 bits per heavy atom. The Bertz CT molecular complexity index is 521. The van der Waals surface area contributed by atoms with Gasteiger partial charge in [-0.25, -0.2) is 0 Å². The van der Waals surface area contributed by atoms with Crippen LogP contribution >= 0.6 is 0 Å². The molecule has 4 heteroatoms. The lowest BCUT2D eigenvalue weighted by atomic mass is 10.1. The quantitative estimate of drug-likeness (QED) is 0.837. The summed E-state index contributed by atoms with van der Waals surface area (Å²) in [6.45, 7) is 5.82. The summed E-state index contributed by atoms with van der Waals surface area (Å²) in [7, 11) is 0. The molecule has 0 spiro atoms. The van der Waals surface area contributed by atoms with E-state index in [4.69, 9.17) is 0 Å². The maximum Gasteiger partial charge on any atom is 0.128 e. The Kier molecular flexibility index (Phi) is 2.79. The average Bonchev–Trinajstić information content (AvgIpc) is 2.64. The van der Waals surface area contributed by atoms with Gasteiger partial charge < -0.3 is 10.2 Å². The highest BCUT2D eigenvalue weighted by Crippen LogP contribution is 2.38. The highest BCUT2D eigenvalue weighted by Gasteiger charge is 2.16. The Morgan fingerprint density at radius 1 is 1.18 bits per heavy atom. The van der Waals surface area contributed by atoms with E-state index in [0.29, 0.717) is 5.56 Å². The van der Waals surface area contributed by atoms with E-state index in [-0.39, 0.29) is 17.5 Å². The monoisotopic (exact) mass is 232 g/mol. The lowest BCUT2D eigenvalue weighted by Gasteiger charge is -2.13. The molecule has 0 amide bonds. The zero-order valence-corrected chi connectivity index (χ0v) is 10.2. The van der Waals surface area contributed by atoms with Crippen LogP contribution in [-0.4, -0.2) is 20.0 Å². The Hall–Kier alpha value is -1.97. The molecule has 0 fully saturated rings. The number of benzene rings is 1. The Labute approximate surface area is 100 Å². The van der Waals surface area contributed by atoms with Gasteiger partial charge in [0.2, 0.25) is 0 Å². The molecule has 0 aliphatic carbocycles. The summed E-state index contributed by atoms with van der Waals surface area (Å²) in [5, 5.41) is 24.1. The van der Waals surface area contributed by atoms with Crippen molar-refractivity contribution in [3.05, 3.63) is 30.0 Å². The fourth-order valence-corrected chi connectivity index (χ4v) is 1.93. The molecule has 17 heavy (non-hydrogen) atoms. The average molecular weight is 232 g/mol. The van der Waals surface area contributed by atoms with Gasteiger partial charge >= 0.3 is 0 Å². The van der Waals surface area contributed by atoms with E-state index in [2.05, 4.69) is 5.10 Å². The largest absolute Gasteiger partial charge is 0.507 e.